The summed E-state index contributed by atoms with van der Waals surface area (Å²) in [6, 6.07) is 18.6. The summed E-state index contributed by atoms with van der Waals surface area (Å²) < 4.78 is 56.9. The number of halogens is 5. The Hall–Kier alpha value is -4.37. The lowest BCUT2D eigenvalue weighted by atomic mass is 9.99. The highest BCUT2D eigenvalue weighted by molar-refractivity contribution is 6.31. The van der Waals surface area contributed by atoms with Crippen molar-refractivity contribution < 1.29 is 37.0 Å². The van der Waals surface area contributed by atoms with Crippen molar-refractivity contribution in [2.24, 2.45) is 0 Å². The number of carbonyl (C=O) groups is 2. The molecule has 0 aliphatic carbocycles. The van der Waals surface area contributed by atoms with Gasteiger partial charge in [-0.25, -0.2) is 9.18 Å². The van der Waals surface area contributed by atoms with Crippen LogP contribution in [0.15, 0.2) is 84.9 Å². The number of hydrogen-bond acceptors (Lipinski definition) is 4. The Balaban J connectivity index is 1.51. The van der Waals surface area contributed by atoms with E-state index in [0.717, 1.165) is 12.1 Å². The molecule has 4 rings (SSSR count). The highest BCUT2D eigenvalue weighted by atomic mass is 35.5. The van der Waals surface area contributed by atoms with Crippen LogP contribution in [0, 0.1) is 5.82 Å². The SMILES string of the molecule is COC(=O)[C@H](Cc1ccc(-c2ccc(C(F)(F)F)cc2)cc1)NC(=O)c1cc(-c2ccc(F)c(Cl)c2)ccc1O. The summed E-state index contributed by atoms with van der Waals surface area (Å²) >= 11 is 5.87. The maximum atomic E-state index is 13.6. The molecule has 0 aliphatic heterocycles. The number of phenols is 1. The third-order valence-electron chi connectivity index (χ3n) is 6.22. The second-order valence-electron chi connectivity index (χ2n) is 8.89. The number of amides is 1. The topological polar surface area (TPSA) is 75.6 Å². The summed E-state index contributed by atoms with van der Waals surface area (Å²) in [4.78, 5) is 25.6. The molecule has 10 heteroatoms. The van der Waals surface area contributed by atoms with Crippen LogP contribution in [0.5, 0.6) is 5.75 Å². The number of esters is 1. The fraction of sp³-hybridized carbons (Fsp3) is 0.133. The van der Waals surface area contributed by atoms with Crippen LogP contribution >= 0.6 is 11.6 Å². The largest absolute Gasteiger partial charge is 0.507 e. The van der Waals surface area contributed by atoms with Crippen molar-refractivity contribution in [3.8, 4) is 28.0 Å². The van der Waals surface area contributed by atoms with Crippen LogP contribution in [0.25, 0.3) is 22.3 Å². The maximum absolute atomic E-state index is 13.6. The standard InChI is InChI=1S/C30H22ClF4NO4/c1-40-29(39)26(14-17-2-4-18(5-3-17)19-6-10-22(11-7-19)30(33,34)35)36-28(38)23-15-20(9-13-27(23)37)21-8-12-25(32)24(31)16-21/h2-13,15-16,26,37H,14H2,1H3,(H,36,38)/t26-/m0/s1. The molecule has 1 atom stereocenters. The van der Waals surface area contributed by atoms with E-state index in [1.54, 1.807) is 24.3 Å². The number of benzene rings is 4. The monoisotopic (exact) mass is 571 g/mol. The van der Waals surface area contributed by atoms with Crippen LogP contribution in [0.3, 0.4) is 0 Å². The van der Waals surface area contributed by atoms with Crippen LogP contribution in [0.1, 0.15) is 21.5 Å². The quantitative estimate of drug-likeness (QED) is 0.184. The van der Waals surface area contributed by atoms with E-state index < -0.39 is 35.5 Å². The minimum absolute atomic E-state index is 0.0414. The van der Waals surface area contributed by atoms with Crippen LogP contribution in [0.4, 0.5) is 17.6 Å². The van der Waals surface area contributed by atoms with Crippen molar-refractivity contribution in [1.82, 2.24) is 5.32 Å². The highest BCUT2D eigenvalue weighted by Gasteiger charge is 2.30. The lowest BCUT2D eigenvalue weighted by Gasteiger charge is -2.18. The fourth-order valence-corrected chi connectivity index (χ4v) is 4.25. The molecule has 4 aromatic rings. The Kier molecular flexibility index (Phi) is 8.44. The second-order valence-corrected chi connectivity index (χ2v) is 9.29. The Morgan fingerprint density at radius 1 is 0.875 bits per heavy atom. The number of carbonyl (C=O) groups excluding carboxylic acids is 2. The van der Waals surface area contributed by atoms with Gasteiger partial charge in [-0.15, -0.1) is 0 Å². The van der Waals surface area contributed by atoms with Crippen LogP contribution < -0.4 is 5.32 Å². The first-order chi connectivity index (χ1) is 19.0. The van der Waals surface area contributed by atoms with Crippen molar-refractivity contribution >= 4 is 23.5 Å². The fourth-order valence-electron chi connectivity index (χ4n) is 4.07. The van der Waals surface area contributed by atoms with Gasteiger partial charge in [0.05, 0.1) is 23.3 Å². The summed E-state index contributed by atoms with van der Waals surface area (Å²) in [6.07, 6.45) is -4.39. The molecule has 0 heterocycles. The molecule has 0 unspecified atom stereocenters. The normalized spacial score (nSPS) is 12.1. The smallest absolute Gasteiger partial charge is 0.416 e. The number of aromatic hydroxyl groups is 1. The molecular formula is C30H22ClF4NO4. The molecule has 0 saturated carbocycles. The lowest BCUT2D eigenvalue weighted by molar-refractivity contribution is -0.143. The van der Waals surface area contributed by atoms with E-state index in [-0.39, 0.29) is 22.8 Å². The molecule has 4 aromatic carbocycles. The first kappa shape index (κ1) is 28.6. The molecule has 0 bridgehead atoms. The lowest BCUT2D eigenvalue weighted by Crippen LogP contribution is -2.43. The molecule has 0 radical (unpaired) electrons. The average molecular weight is 572 g/mol. The van der Waals surface area contributed by atoms with Crippen LogP contribution in [0.2, 0.25) is 5.02 Å². The number of hydrogen-bond donors (Lipinski definition) is 2. The van der Waals surface area contributed by atoms with Gasteiger partial charge in [0.2, 0.25) is 0 Å². The maximum Gasteiger partial charge on any atom is 0.416 e. The zero-order chi connectivity index (χ0) is 29.0. The molecule has 0 fully saturated rings. The van der Waals surface area contributed by atoms with E-state index in [2.05, 4.69) is 5.32 Å². The van der Waals surface area contributed by atoms with Gasteiger partial charge in [-0.1, -0.05) is 60.1 Å². The molecule has 0 aliphatic rings. The molecule has 0 spiro atoms. The third kappa shape index (κ3) is 6.60. The number of phenolic OH excluding ortho intramolecular Hbond substituents is 1. The van der Waals surface area contributed by atoms with E-state index in [1.165, 1.54) is 55.6 Å². The van der Waals surface area contributed by atoms with Gasteiger partial charge in [0.1, 0.15) is 17.6 Å². The summed E-state index contributed by atoms with van der Waals surface area (Å²) in [5.41, 5.74) is 2.02. The Morgan fingerprint density at radius 3 is 2.00 bits per heavy atom. The van der Waals surface area contributed by atoms with Crippen molar-refractivity contribution in [3.05, 3.63) is 112 Å². The molecule has 0 aromatic heterocycles. The van der Waals surface area contributed by atoms with E-state index in [4.69, 9.17) is 16.3 Å². The zero-order valence-corrected chi connectivity index (χ0v) is 21.7. The second kappa shape index (κ2) is 11.8. The van der Waals surface area contributed by atoms with Gasteiger partial charge < -0.3 is 15.2 Å². The predicted molar refractivity (Wildman–Crippen MR) is 142 cm³/mol. The number of ether oxygens (including phenoxy) is 1. The van der Waals surface area contributed by atoms with Gasteiger partial charge in [-0.05, 0) is 64.2 Å². The van der Waals surface area contributed by atoms with Gasteiger partial charge >= 0.3 is 12.1 Å². The molecule has 40 heavy (non-hydrogen) atoms. The summed E-state index contributed by atoms with van der Waals surface area (Å²) in [6.45, 7) is 0. The Bertz CT molecular complexity index is 1540. The summed E-state index contributed by atoms with van der Waals surface area (Å²) in [5.74, 6) is -2.40. The van der Waals surface area contributed by atoms with Gasteiger partial charge in [0.15, 0.2) is 0 Å². The third-order valence-corrected chi connectivity index (χ3v) is 6.51. The van der Waals surface area contributed by atoms with Gasteiger partial charge in [-0.3, -0.25) is 4.79 Å². The van der Waals surface area contributed by atoms with Gasteiger partial charge in [0.25, 0.3) is 5.91 Å². The van der Waals surface area contributed by atoms with Crippen LogP contribution in [-0.2, 0) is 22.1 Å². The first-order valence-corrected chi connectivity index (χ1v) is 12.3. The predicted octanol–water partition coefficient (Wildman–Crippen LogP) is 7.05. The van der Waals surface area contributed by atoms with Crippen LogP contribution in [-0.4, -0.2) is 30.1 Å². The van der Waals surface area contributed by atoms with Crippen molar-refractivity contribution in [2.75, 3.05) is 7.11 Å². The highest BCUT2D eigenvalue weighted by Crippen LogP contribution is 2.31. The first-order valence-electron chi connectivity index (χ1n) is 11.9. The number of methoxy groups -OCH3 is 1. The van der Waals surface area contributed by atoms with Crippen molar-refractivity contribution in [2.45, 2.75) is 18.6 Å². The summed E-state index contributed by atoms with van der Waals surface area (Å²) in [5, 5.41) is 12.8. The van der Waals surface area contributed by atoms with E-state index in [1.807, 2.05) is 0 Å². The minimum atomic E-state index is -4.43. The van der Waals surface area contributed by atoms with Gasteiger partial charge in [0, 0.05) is 6.42 Å². The molecule has 206 valence electrons. The van der Waals surface area contributed by atoms with E-state index >= 15 is 0 Å². The summed E-state index contributed by atoms with van der Waals surface area (Å²) in [7, 11) is 1.17. The molecule has 1 amide bonds. The van der Waals surface area contributed by atoms with E-state index in [9.17, 15) is 32.3 Å². The van der Waals surface area contributed by atoms with Crippen molar-refractivity contribution in [3.63, 3.8) is 0 Å². The molecule has 0 saturated heterocycles. The van der Waals surface area contributed by atoms with Crippen molar-refractivity contribution in [1.29, 1.82) is 0 Å². The number of alkyl halides is 3. The molecule has 2 N–H and O–H groups in total. The molecule has 5 nitrogen and oxygen atoms in total. The Morgan fingerprint density at radius 2 is 1.43 bits per heavy atom. The minimum Gasteiger partial charge on any atom is -0.507 e. The number of rotatable bonds is 7. The molecular weight excluding hydrogens is 550 g/mol. The zero-order valence-electron chi connectivity index (χ0n) is 20.9. The number of nitrogens with one attached hydrogen (secondary N) is 1. The van der Waals surface area contributed by atoms with E-state index in [0.29, 0.717) is 27.8 Å². The van der Waals surface area contributed by atoms with Gasteiger partial charge in [-0.2, -0.15) is 13.2 Å². The Labute approximate surface area is 232 Å². The average Bonchev–Trinajstić information content (AvgIpc) is 2.94.